The zero-order chi connectivity index (χ0) is 15.3. The number of non-ortho nitro benzene ring substituents is 1. The van der Waals surface area contributed by atoms with E-state index in [1.165, 1.54) is 18.2 Å². The molecule has 3 N–H and O–H groups in total. The highest BCUT2D eigenvalue weighted by atomic mass is 16.6. The first-order valence-electron chi connectivity index (χ1n) is 6.58. The second kappa shape index (κ2) is 6.51. The molecular formula is C13H17N3O5. The number of amides is 2. The second-order valence-electron chi connectivity index (χ2n) is 4.95. The van der Waals surface area contributed by atoms with Crippen LogP contribution < -0.4 is 10.6 Å². The number of aliphatic hydroxyl groups is 1. The van der Waals surface area contributed by atoms with Gasteiger partial charge in [-0.2, -0.15) is 0 Å². The number of rotatable bonds is 4. The summed E-state index contributed by atoms with van der Waals surface area (Å²) >= 11 is 0. The average Bonchev–Trinajstić information content (AvgIpc) is 2.46. The summed E-state index contributed by atoms with van der Waals surface area (Å²) in [7, 11) is 0. The molecule has 0 spiro atoms. The minimum atomic E-state index is -0.960. The fourth-order valence-electron chi connectivity index (χ4n) is 2.05. The third-order valence-corrected chi connectivity index (χ3v) is 3.32. The molecule has 1 fully saturated rings. The van der Waals surface area contributed by atoms with Crippen molar-refractivity contribution in [3.05, 3.63) is 34.4 Å². The SMILES string of the molecule is O=C(NCC1(O)CCOCC1)Nc1cccc([N+](=O)[O-])c1. The van der Waals surface area contributed by atoms with Crippen molar-refractivity contribution in [3.8, 4) is 0 Å². The van der Waals surface area contributed by atoms with Crippen LogP contribution in [-0.2, 0) is 4.74 Å². The maximum Gasteiger partial charge on any atom is 0.319 e. The van der Waals surface area contributed by atoms with Gasteiger partial charge in [0.15, 0.2) is 0 Å². The largest absolute Gasteiger partial charge is 0.388 e. The quantitative estimate of drug-likeness (QED) is 0.571. The number of nitro benzene ring substituents is 1. The van der Waals surface area contributed by atoms with Gasteiger partial charge in [0.2, 0.25) is 0 Å². The molecule has 0 saturated carbocycles. The van der Waals surface area contributed by atoms with Gasteiger partial charge in [0.1, 0.15) is 0 Å². The molecule has 0 atom stereocenters. The molecule has 1 aromatic rings. The molecule has 0 radical (unpaired) electrons. The maximum absolute atomic E-state index is 11.7. The number of hydrogen-bond acceptors (Lipinski definition) is 5. The van der Waals surface area contributed by atoms with E-state index in [0.717, 1.165) is 0 Å². The van der Waals surface area contributed by atoms with Gasteiger partial charge in [0.25, 0.3) is 5.69 Å². The summed E-state index contributed by atoms with van der Waals surface area (Å²) in [5.74, 6) is 0. The smallest absolute Gasteiger partial charge is 0.319 e. The minimum absolute atomic E-state index is 0.101. The summed E-state index contributed by atoms with van der Waals surface area (Å²) in [5.41, 5.74) is -0.741. The number of benzene rings is 1. The Labute approximate surface area is 121 Å². The Morgan fingerprint density at radius 1 is 1.43 bits per heavy atom. The van der Waals surface area contributed by atoms with Gasteiger partial charge in [-0.25, -0.2) is 4.79 Å². The molecular weight excluding hydrogens is 278 g/mol. The van der Waals surface area contributed by atoms with E-state index in [2.05, 4.69) is 10.6 Å². The first-order valence-corrected chi connectivity index (χ1v) is 6.58. The monoisotopic (exact) mass is 295 g/mol. The van der Waals surface area contributed by atoms with Crippen LogP contribution >= 0.6 is 0 Å². The molecule has 1 heterocycles. The van der Waals surface area contributed by atoms with E-state index in [1.807, 2.05) is 0 Å². The van der Waals surface area contributed by atoms with Crippen molar-refractivity contribution >= 4 is 17.4 Å². The third kappa shape index (κ3) is 4.40. The Morgan fingerprint density at radius 2 is 2.14 bits per heavy atom. The van der Waals surface area contributed by atoms with Crippen LogP contribution in [0.25, 0.3) is 0 Å². The molecule has 1 aliphatic rings. The van der Waals surface area contributed by atoms with Crippen LogP contribution in [0.4, 0.5) is 16.2 Å². The number of nitro groups is 1. The highest BCUT2D eigenvalue weighted by Gasteiger charge is 2.30. The van der Waals surface area contributed by atoms with Crippen molar-refractivity contribution in [2.24, 2.45) is 0 Å². The normalized spacial score (nSPS) is 17.0. The lowest BCUT2D eigenvalue weighted by atomic mass is 9.94. The lowest BCUT2D eigenvalue weighted by Crippen LogP contribution is -2.47. The van der Waals surface area contributed by atoms with E-state index in [1.54, 1.807) is 6.07 Å². The standard InChI is InChI=1S/C13H17N3O5/c17-12(14-9-13(18)4-6-21-7-5-13)15-10-2-1-3-11(8-10)16(19)20/h1-3,8,18H,4-7,9H2,(H2,14,15,17). The Hall–Kier alpha value is -2.19. The number of anilines is 1. The van der Waals surface area contributed by atoms with Crippen LogP contribution in [0.3, 0.4) is 0 Å². The molecule has 1 aromatic carbocycles. The Morgan fingerprint density at radius 3 is 2.81 bits per heavy atom. The number of ether oxygens (including phenoxy) is 1. The van der Waals surface area contributed by atoms with Crippen LogP contribution in [0.1, 0.15) is 12.8 Å². The topological polar surface area (TPSA) is 114 Å². The summed E-state index contributed by atoms with van der Waals surface area (Å²) in [5, 5.41) is 25.9. The maximum atomic E-state index is 11.7. The fourth-order valence-corrected chi connectivity index (χ4v) is 2.05. The van der Waals surface area contributed by atoms with Gasteiger partial charge in [0.05, 0.1) is 10.5 Å². The molecule has 2 rings (SSSR count). The van der Waals surface area contributed by atoms with E-state index >= 15 is 0 Å². The van der Waals surface area contributed by atoms with Crippen LogP contribution in [-0.4, -0.2) is 41.4 Å². The Balaban J connectivity index is 1.87. The molecule has 114 valence electrons. The molecule has 0 bridgehead atoms. The van der Waals surface area contributed by atoms with E-state index in [4.69, 9.17) is 4.74 Å². The third-order valence-electron chi connectivity index (χ3n) is 3.32. The average molecular weight is 295 g/mol. The van der Waals surface area contributed by atoms with Crippen molar-refractivity contribution in [2.45, 2.75) is 18.4 Å². The highest BCUT2D eigenvalue weighted by molar-refractivity contribution is 5.89. The van der Waals surface area contributed by atoms with Gasteiger partial charge >= 0.3 is 6.03 Å². The van der Waals surface area contributed by atoms with Crippen LogP contribution in [0.2, 0.25) is 0 Å². The highest BCUT2D eigenvalue weighted by Crippen LogP contribution is 2.20. The van der Waals surface area contributed by atoms with Crippen molar-refractivity contribution in [1.29, 1.82) is 0 Å². The minimum Gasteiger partial charge on any atom is -0.388 e. The van der Waals surface area contributed by atoms with E-state index in [-0.39, 0.29) is 12.2 Å². The summed E-state index contributed by atoms with van der Waals surface area (Å²) < 4.78 is 5.15. The van der Waals surface area contributed by atoms with Gasteiger partial charge in [0, 0.05) is 50.4 Å². The number of nitrogens with one attached hydrogen (secondary N) is 2. The number of nitrogens with zero attached hydrogens (tertiary/aromatic N) is 1. The molecule has 1 saturated heterocycles. The van der Waals surface area contributed by atoms with Crippen molar-refractivity contribution in [1.82, 2.24) is 5.32 Å². The second-order valence-corrected chi connectivity index (χ2v) is 4.95. The predicted octanol–water partition coefficient (Wildman–Crippen LogP) is 1.26. The summed E-state index contributed by atoms with van der Waals surface area (Å²) in [6.45, 7) is 1.03. The van der Waals surface area contributed by atoms with Gasteiger partial charge < -0.3 is 20.5 Å². The number of carbonyl (C=O) groups excluding carboxylic acids is 1. The van der Waals surface area contributed by atoms with Crippen LogP contribution in [0, 0.1) is 10.1 Å². The van der Waals surface area contributed by atoms with Gasteiger partial charge in [-0.1, -0.05) is 6.07 Å². The summed E-state index contributed by atoms with van der Waals surface area (Å²) in [6, 6.07) is 5.13. The molecule has 0 aromatic heterocycles. The van der Waals surface area contributed by atoms with Crippen molar-refractivity contribution in [2.75, 3.05) is 25.1 Å². The summed E-state index contributed by atoms with van der Waals surface area (Å²) in [4.78, 5) is 21.9. The lowest BCUT2D eigenvalue weighted by molar-refractivity contribution is -0.384. The van der Waals surface area contributed by atoms with Crippen molar-refractivity contribution < 1.29 is 19.6 Å². The zero-order valence-corrected chi connectivity index (χ0v) is 11.4. The van der Waals surface area contributed by atoms with Gasteiger partial charge in [-0.15, -0.1) is 0 Å². The molecule has 2 amide bonds. The molecule has 8 heteroatoms. The van der Waals surface area contributed by atoms with E-state index < -0.39 is 16.6 Å². The van der Waals surface area contributed by atoms with Gasteiger partial charge in [-0.3, -0.25) is 10.1 Å². The van der Waals surface area contributed by atoms with E-state index in [9.17, 15) is 20.0 Å². The molecule has 0 unspecified atom stereocenters. The first kappa shape index (κ1) is 15.2. The Kier molecular flexibility index (Phi) is 4.71. The molecule has 8 nitrogen and oxygen atoms in total. The molecule has 21 heavy (non-hydrogen) atoms. The van der Waals surface area contributed by atoms with Gasteiger partial charge in [-0.05, 0) is 6.07 Å². The predicted molar refractivity (Wildman–Crippen MR) is 75.1 cm³/mol. The van der Waals surface area contributed by atoms with Crippen molar-refractivity contribution in [3.63, 3.8) is 0 Å². The summed E-state index contributed by atoms with van der Waals surface area (Å²) in [6.07, 6.45) is 0.925. The zero-order valence-electron chi connectivity index (χ0n) is 11.4. The number of urea groups is 1. The van der Waals surface area contributed by atoms with E-state index in [0.29, 0.717) is 31.7 Å². The molecule has 1 aliphatic heterocycles. The van der Waals surface area contributed by atoms with Crippen LogP contribution in [0.15, 0.2) is 24.3 Å². The fraction of sp³-hybridized carbons (Fsp3) is 0.462. The first-order chi connectivity index (χ1) is 9.98. The Bertz CT molecular complexity index is 528. The number of carbonyl (C=O) groups is 1. The van der Waals surface area contributed by atoms with Crippen LogP contribution in [0.5, 0.6) is 0 Å². The number of hydrogen-bond donors (Lipinski definition) is 3. The lowest BCUT2D eigenvalue weighted by Gasteiger charge is -2.32. The molecule has 0 aliphatic carbocycles.